The number of benzene rings is 1. The summed E-state index contributed by atoms with van der Waals surface area (Å²) < 4.78 is 0. The van der Waals surface area contributed by atoms with Crippen molar-refractivity contribution in [3.8, 4) is 0 Å². The summed E-state index contributed by atoms with van der Waals surface area (Å²) in [5.41, 5.74) is 0.321. The molecule has 0 heterocycles. The van der Waals surface area contributed by atoms with Gasteiger partial charge >= 0.3 is 0 Å². The highest BCUT2D eigenvalue weighted by Gasteiger charge is 2.60. The molecule has 2 unspecified atom stereocenters. The summed E-state index contributed by atoms with van der Waals surface area (Å²) in [7, 11) is 0. The first-order chi connectivity index (χ1) is 12.3. The number of nitrogens with one attached hydrogen (secondary N) is 2. The third-order valence-corrected chi connectivity index (χ3v) is 7.03. The van der Waals surface area contributed by atoms with E-state index in [4.69, 9.17) is 23.2 Å². The van der Waals surface area contributed by atoms with Crippen molar-refractivity contribution in [1.29, 1.82) is 0 Å². The second-order valence-corrected chi connectivity index (χ2v) is 9.46. The molecule has 4 aliphatic rings. The minimum atomic E-state index is -0.356. The highest BCUT2D eigenvalue weighted by atomic mass is 35.5. The number of halogens is 2. The van der Waals surface area contributed by atoms with Gasteiger partial charge in [-0.2, -0.15) is 0 Å². The van der Waals surface area contributed by atoms with Crippen molar-refractivity contribution in [2.75, 3.05) is 0 Å². The molecule has 4 aliphatic carbocycles. The van der Waals surface area contributed by atoms with Crippen LogP contribution >= 0.6 is 23.2 Å². The largest absolute Gasteiger partial charge is 0.351 e. The summed E-state index contributed by atoms with van der Waals surface area (Å²) in [5.74, 6) is 1.18. The predicted molar refractivity (Wildman–Crippen MR) is 102 cm³/mol. The van der Waals surface area contributed by atoms with E-state index in [0.29, 0.717) is 28.4 Å². The normalized spacial score (nSPS) is 34.6. The summed E-state index contributed by atoms with van der Waals surface area (Å²) in [6, 6.07) is 5.33. The van der Waals surface area contributed by atoms with E-state index < -0.39 is 0 Å². The van der Waals surface area contributed by atoms with Crippen LogP contribution in [0, 0.1) is 17.3 Å². The van der Waals surface area contributed by atoms with E-state index in [9.17, 15) is 9.59 Å². The molecule has 5 rings (SSSR count). The minimum Gasteiger partial charge on any atom is -0.351 e. The molecule has 0 radical (unpaired) electrons. The van der Waals surface area contributed by atoms with Gasteiger partial charge in [-0.05, 0) is 68.1 Å². The van der Waals surface area contributed by atoms with Crippen LogP contribution in [-0.2, 0) is 16.1 Å². The summed E-state index contributed by atoms with van der Waals surface area (Å²) >= 11 is 12.2. The average molecular weight is 395 g/mol. The quantitative estimate of drug-likeness (QED) is 0.807. The summed E-state index contributed by atoms with van der Waals surface area (Å²) in [4.78, 5) is 24.9. The van der Waals surface area contributed by atoms with Crippen LogP contribution in [-0.4, -0.2) is 17.4 Å². The Morgan fingerprint density at radius 2 is 1.85 bits per heavy atom. The SMILES string of the molecule is CC(=O)NC12C[C@H]3C[C@@H](C1)CC(C(=O)NCc1ccc(Cl)cc1Cl)(C3)C2. The maximum Gasteiger partial charge on any atom is 0.226 e. The third kappa shape index (κ3) is 3.22. The molecule has 2 amide bonds. The van der Waals surface area contributed by atoms with Crippen molar-refractivity contribution < 1.29 is 9.59 Å². The Hall–Kier alpha value is -1.26. The van der Waals surface area contributed by atoms with Crippen LogP contribution in [0.5, 0.6) is 0 Å². The van der Waals surface area contributed by atoms with Crippen molar-refractivity contribution in [2.24, 2.45) is 17.3 Å². The highest BCUT2D eigenvalue weighted by molar-refractivity contribution is 6.35. The monoisotopic (exact) mass is 394 g/mol. The summed E-state index contributed by atoms with van der Waals surface area (Å²) in [6.07, 6.45) is 5.85. The molecule has 26 heavy (non-hydrogen) atoms. The van der Waals surface area contributed by atoms with Gasteiger partial charge in [0.05, 0.1) is 5.41 Å². The minimum absolute atomic E-state index is 0.00968. The fraction of sp³-hybridized carbons (Fsp3) is 0.600. The third-order valence-electron chi connectivity index (χ3n) is 6.44. The molecular formula is C20H24Cl2N2O2. The van der Waals surface area contributed by atoms with Gasteiger partial charge in [-0.3, -0.25) is 9.59 Å². The standard InChI is InChI=1S/C20H24Cl2N2O2/c1-12(25)24-20-8-13-4-14(9-20)7-19(6-13,11-20)18(26)23-10-15-2-3-16(21)5-17(15)22/h2-3,5,13-14H,4,6-11H2,1H3,(H,23,26)(H,24,25)/t13-,14+,19?,20?. The van der Waals surface area contributed by atoms with E-state index in [1.165, 1.54) is 6.42 Å². The van der Waals surface area contributed by atoms with Crippen LogP contribution < -0.4 is 10.6 Å². The predicted octanol–water partition coefficient (Wildman–Crippen LogP) is 4.08. The maximum atomic E-state index is 13.2. The molecule has 1 aromatic rings. The van der Waals surface area contributed by atoms with E-state index in [1.54, 1.807) is 19.1 Å². The molecule has 0 saturated heterocycles. The zero-order chi connectivity index (χ0) is 18.5. The Morgan fingerprint density at radius 3 is 2.46 bits per heavy atom. The number of amides is 2. The van der Waals surface area contributed by atoms with E-state index in [0.717, 1.165) is 37.7 Å². The first kappa shape index (κ1) is 18.1. The molecule has 4 saturated carbocycles. The van der Waals surface area contributed by atoms with Gasteiger partial charge in [-0.15, -0.1) is 0 Å². The topological polar surface area (TPSA) is 58.2 Å². The van der Waals surface area contributed by atoms with Gasteiger partial charge in [0.1, 0.15) is 0 Å². The maximum absolute atomic E-state index is 13.2. The molecular weight excluding hydrogens is 371 g/mol. The fourth-order valence-electron chi connectivity index (χ4n) is 6.08. The first-order valence-electron chi connectivity index (χ1n) is 9.30. The van der Waals surface area contributed by atoms with Crippen molar-refractivity contribution in [1.82, 2.24) is 10.6 Å². The second-order valence-electron chi connectivity index (χ2n) is 8.62. The van der Waals surface area contributed by atoms with Gasteiger partial charge < -0.3 is 10.6 Å². The van der Waals surface area contributed by atoms with Crippen molar-refractivity contribution in [3.05, 3.63) is 33.8 Å². The Kier molecular flexibility index (Phi) is 4.47. The number of carbonyl (C=O) groups excluding carboxylic acids is 2. The van der Waals surface area contributed by atoms with Gasteiger partial charge in [-0.25, -0.2) is 0 Å². The molecule has 140 valence electrons. The zero-order valence-corrected chi connectivity index (χ0v) is 16.4. The summed E-state index contributed by atoms with van der Waals surface area (Å²) in [5, 5.41) is 7.46. The molecule has 0 aliphatic heterocycles. The lowest BCUT2D eigenvalue weighted by Gasteiger charge is -2.61. The van der Waals surface area contributed by atoms with Gasteiger partial charge in [-0.1, -0.05) is 29.3 Å². The lowest BCUT2D eigenvalue weighted by atomic mass is 9.46. The van der Waals surface area contributed by atoms with Crippen LogP contribution in [0.3, 0.4) is 0 Å². The van der Waals surface area contributed by atoms with Crippen LogP contribution in [0.15, 0.2) is 18.2 Å². The number of rotatable bonds is 4. The molecule has 4 atom stereocenters. The van der Waals surface area contributed by atoms with Crippen LogP contribution in [0.1, 0.15) is 51.0 Å². The van der Waals surface area contributed by atoms with Crippen molar-refractivity contribution >= 4 is 35.0 Å². The van der Waals surface area contributed by atoms with Gasteiger partial charge in [0.2, 0.25) is 11.8 Å². The van der Waals surface area contributed by atoms with Gasteiger partial charge in [0.25, 0.3) is 0 Å². The lowest BCUT2D eigenvalue weighted by molar-refractivity contribution is -0.153. The average Bonchev–Trinajstić information content (AvgIpc) is 2.51. The zero-order valence-electron chi connectivity index (χ0n) is 14.9. The molecule has 4 fully saturated rings. The van der Waals surface area contributed by atoms with Crippen LogP contribution in [0.25, 0.3) is 0 Å². The Morgan fingerprint density at radius 1 is 1.15 bits per heavy atom. The molecule has 0 spiro atoms. The molecule has 2 N–H and O–H groups in total. The number of carbonyl (C=O) groups is 2. The smallest absolute Gasteiger partial charge is 0.226 e. The molecule has 6 heteroatoms. The second kappa shape index (κ2) is 6.42. The van der Waals surface area contributed by atoms with E-state index >= 15 is 0 Å². The lowest BCUT2D eigenvalue weighted by Crippen LogP contribution is -2.65. The van der Waals surface area contributed by atoms with Gasteiger partial charge in [0, 0.05) is 29.1 Å². The van der Waals surface area contributed by atoms with Gasteiger partial charge in [0.15, 0.2) is 0 Å². The molecule has 0 aromatic heterocycles. The molecule has 4 bridgehead atoms. The number of hydrogen-bond acceptors (Lipinski definition) is 2. The molecule has 4 nitrogen and oxygen atoms in total. The highest BCUT2D eigenvalue weighted by Crippen LogP contribution is 2.61. The first-order valence-corrected chi connectivity index (χ1v) is 10.1. The Labute approximate surface area is 164 Å². The summed E-state index contributed by atoms with van der Waals surface area (Å²) in [6.45, 7) is 1.98. The van der Waals surface area contributed by atoms with Crippen molar-refractivity contribution in [2.45, 2.75) is 57.5 Å². The number of hydrogen-bond donors (Lipinski definition) is 2. The van der Waals surface area contributed by atoms with Crippen LogP contribution in [0.2, 0.25) is 10.0 Å². The van der Waals surface area contributed by atoms with E-state index in [2.05, 4.69) is 10.6 Å². The fourth-order valence-corrected chi connectivity index (χ4v) is 6.55. The van der Waals surface area contributed by atoms with Crippen molar-refractivity contribution in [3.63, 3.8) is 0 Å². The Balaban J connectivity index is 1.51. The molecule has 1 aromatic carbocycles. The van der Waals surface area contributed by atoms with E-state index in [1.807, 2.05) is 6.07 Å². The Bertz CT molecular complexity index is 750. The van der Waals surface area contributed by atoms with Crippen LogP contribution in [0.4, 0.5) is 0 Å². The van der Waals surface area contributed by atoms with E-state index in [-0.39, 0.29) is 22.8 Å².